The molecule has 1 amide bonds. The van der Waals surface area contributed by atoms with Gasteiger partial charge in [-0.15, -0.1) is 0 Å². The van der Waals surface area contributed by atoms with Crippen molar-refractivity contribution in [3.8, 4) is 0 Å². The van der Waals surface area contributed by atoms with Gasteiger partial charge in [0.2, 0.25) is 5.91 Å². The SMILES string of the molecule is NC(CCN1CCC2(CC1)CCN(Cc1ccc(Cl)cc1)C2=O)c1ccccc1. The van der Waals surface area contributed by atoms with E-state index in [2.05, 4.69) is 17.0 Å². The monoisotopic (exact) mass is 411 g/mol. The van der Waals surface area contributed by atoms with E-state index in [0.717, 1.165) is 62.4 Å². The molecular formula is C24H30ClN3O. The van der Waals surface area contributed by atoms with Crippen LogP contribution in [0, 0.1) is 5.41 Å². The maximum atomic E-state index is 13.2. The normalized spacial score (nSPS) is 20.3. The second-order valence-corrected chi connectivity index (χ2v) is 8.97. The number of nitrogens with zero attached hydrogens (tertiary/aromatic N) is 2. The molecule has 2 aromatic rings. The van der Waals surface area contributed by atoms with Crippen molar-refractivity contribution in [2.75, 3.05) is 26.2 Å². The van der Waals surface area contributed by atoms with Crippen LogP contribution in [0.5, 0.6) is 0 Å². The first-order valence-electron chi connectivity index (χ1n) is 10.6. The molecule has 0 aromatic heterocycles. The molecule has 154 valence electrons. The fraction of sp³-hybridized carbons (Fsp3) is 0.458. The van der Waals surface area contributed by atoms with Crippen molar-refractivity contribution in [2.24, 2.45) is 11.1 Å². The van der Waals surface area contributed by atoms with E-state index in [9.17, 15) is 4.79 Å². The summed E-state index contributed by atoms with van der Waals surface area (Å²) in [5.74, 6) is 0.341. The lowest BCUT2D eigenvalue weighted by atomic mass is 9.77. The zero-order valence-electron chi connectivity index (χ0n) is 16.9. The molecule has 5 heteroatoms. The zero-order chi connectivity index (χ0) is 20.3. The summed E-state index contributed by atoms with van der Waals surface area (Å²) in [7, 11) is 0. The maximum absolute atomic E-state index is 13.2. The van der Waals surface area contributed by atoms with E-state index in [1.165, 1.54) is 5.56 Å². The summed E-state index contributed by atoms with van der Waals surface area (Å²) >= 11 is 5.97. The van der Waals surface area contributed by atoms with E-state index in [4.69, 9.17) is 17.3 Å². The van der Waals surface area contributed by atoms with Gasteiger partial charge in [-0.2, -0.15) is 0 Å². The molecule has 2 fully saturated rings. The molecule has 2 N–H and O–H groups in total. The van der Waals surface area contributed by atoms with E-state index < -0.39 is 0 Å². The van der Waals surface area contributed by atoms with Gasteiger partial charge >= 0.3 is 0 Å². The quantitative estimate of drug-likeness (QED) is 0.773. The third-order valence-corrected chi connectivity index (χ3v) is 6.94. The summed E-state index contributed by atoms with van der Waals surface area (Å²) in [4.78, 5) is 17.7. The van der Waals surface area contributed by atoms with E-state index >= 15 is 0 Å². The molecule has 2 aromatic carbocycles. The molecule has 0 aliphatic carbocycles. The Hall–Kier alpha value is -1.88. The average Bonchev–Trinajstić information content (AvgIpc) is 3.05. The van der Waals surface area contributed by atoms with Crippen molar-refractivity contribution in [1.29, 1.82) is 0 Å². The fourth-order valence-electron chi connectivity index (χ4n) is 4.71. The highest BCUT2D eigenvalue weighted by atomic mass is 35.5. The van der Waals surface area contributed by atoms with Crippen LogP contribution in [0.2, 0.25) is 5.02 Å². The largest absolute Gasteiger partial charge is 0.338 e. The number of amides is 1. The number of rotatable bonds is 6. The molecular weight excluding hydrogens is 382 g/mol. The van der Waals surface area contributed by atoms with Gasteiger partial charge < -0.3 is 15.5 Å². The van der Waals surface area contributed by atoms with Gasteiger partial charge in [-0.3, -0.25) is 4.79 Å². The Bertz CT molecular complexity index is 816. The van der Waals surface area contributed by atoms with Crippen LogP contribution in [-0.4, -0.2) is 41.9 Å². The zero-order valence-corrected chi connectivity index (χ0v) is 17.7. The van der Waals surface area contributed by atoms with Crippen LogP contribution in [0.4, 0.5) is 0 Å². The molecule has 0 saturated carbocycles. The number of likely N-dealkylation sites (tertiary alicyclic amines) is 2. The molecule has 4 nitrogen and oxygen atoms in total. The second-order valence-electron chi connectivity index (χ2n) is 8.53. The molecule has 2 aliphatic rings. The number of benzene rings is 2. The molecule has 1 atom stereocenters. The Morgan fingerprint density at radius 2 is 1.62 bits per heavy atom. The minimum Gasteiger partial charge on any atom is -0.338 e. The molecule has 2 heterocycles. The predicted molar refractivity (Wildman–Crippen MR) is 118 cm³/mol. The topological polar surface area (TPSA) is 49.6 Å². The third-order valence-electron chi connectivity index (χ3n) is 6.69. The highest BCUT2D eigenvalue weighted by Crippen LogP contribution is 2.42. The van der Waals surface area contributed by atoms with Crippen molar-refractivity contribution in [2.45, 2.75) is 38.3 Å². The molecule has 4 rings (SSSR count). The van der Waals surface area contributed by atoms with Crippen LogP contribution in [0.15, 0.2) is 54.6 Å². The van der Waals surface area contributed by atoms with Gasteiger partial charge in [0.25, 0.3) is 0 Å². The minimum atomic E-state index is -0.148. The summed E-state index contributed by atoms with van der Waals surface area (Å²) in [6.07, 6.45) is 3.86. The van der Waals surface area contributed by atoms with Crippen LogP contribution in [-0.2, 0) is 11.3 Å². The van der Waals surface area contributed by atoms with E-state index in [1.54, 1.807) is 0 Å². The Balaban J connectivity index is 1.27. The fourth-order valence-corrected chi connectivity index (χ4v) is 4.84. The Morgan fingerprint density at radius 1 is 0.966 bits per heavy atom. The number of hydrogen-bond acceptors (Lipinski definition) is 3. The van der Waals surface area contributed by atoms with Crippen LogP contribution in [0.1, 0.15) is 42.9 Å². The molecule has 0 bridgehead atoms. The van der Waals surface area contributed by atoms with Gasteiger partial charge in [-0.05, 0) is 68.6 Å². The number of halogens is 1. The average molecular weight is 412 g/mol. The van der Waals surface area contributed by atoms with Crippen molar-refractivity contribution < 1.29 is 4.79 Å². The lowest BCUT2D eigenvalue weighted by Gasteiger charge is -2.38. The third kappa shape index (κ3) is 4.66. The Morgan fingerprint density at radius 3 is 2.31 bits per heavy atom. The van der Waals surface area contributed by atoms with Crippen molar-refractivity contribution in [3.63, 3.8) is 0 Å². The summed E-state index contributed by atoms with van der Waals surface area (Å²) < 4.78 is 0. The lowest BCUT2D eigenvalue weighted by molar-refractivity contribution is -0.138. The molecule has 29 heavy (non-hydrogen) atoms. The first kappa shape index (κ1) is 20.4. The van der Waals surface area contributed by atoms with Crippen LogP contribution in [0.3, 0.4) is 0 Å². The first-order valence-corrected chi connectivity index (χ1v) is 11.0. The number of piperidine rings is 1. The maximum Gasteiger partial charge on any atom is 0.229 e. The summed E-state index contributed by atoms with van der Waals surface area (Å²) in [6, 6.07) is 18.2. The second kappa shape index (κ2) is 8.86. The predicted octanol–water partition coefficient (Wildman–Crippen LogP) is 4.24. The van der Waals surface area contributed by atoms with Gasteiger partial charge in [-0.1, -0.05) is 54.1 Å². The number of hydrogen-bond donors (Lipinski definition) is 1. The molecule has 0 radical (unpaired) electrons. The standard InChI is InChI=1S/C24H30ClN3O/c25-21-8-6-19(7-9-21)18-28-17-13-24(23(28)29)11-15-27(16-12-24)14-10-22(26)20-4-2-1-3-5-20/h1-9,22H,10-18,26H2. The Labute approximate surface area is 178 Å². The lowest BCUT2D eigenvalue weighted by Crippen LogP contribution is -2.45. The van der Waals surface area contributed by atoms with Crippen molar-refractivity contribution in [3.05, 3.63) is 70.7 Å². The number of carbonyl (C=O) groups is 1. The molecule has 1 spiro atoms. The minimum absolute atomic E-state index is 0.0788. The summed E-state index contributed by atoms with van der Waals surface area (Å²) in [6.45, 7) is 4.52. The molecule has 2 saturated heterocycles. The van der Waals surface area contributed by atoms with Gasteiger partial charge in [0.15, 0.2) is 0 Å². The highest BCUT2D eigenvalue weighted by molar-refractivity contribution is 6.30. The van der Waals surface area contributed by atoms with Gasteiger partial charge in [0.1, 0.15) is 0 Å². The number of carbonyl (C=O) groups excluding carboxylic acids is 1. The van der Waals surface area contributed by atoms with Crippen LogP contribution < -0.4 is 5.73 Å². The van der Waals surface area contributed by atoms with Crippen LogP contribution in [0.25, 0.3) is 0 Å². The van der Waals surface area contributed by atoms with Gasteiger partial charge in [0, 0.05) is 24.2 Å². The summed E-state index contributed by atoms with van der Waals surface area (Å²) in [5, 5.41) is 0.734. The van der Waals surface area contributed by atoms with Crippen LogP contribution >= 0.6 is 11.6 Å². The first-order chi connectivity index (χ1) is 14.1. The smallest absolute Gasteiger partial charge is 0.229 e. The van der Waals surface area contributed by atoms with E-state index in [0.29, 0.717) is 12.5 Å². The highest BCUT2D eigenvalue weighted by Gasteiger charge is 2.47. The molecule has 1 unspecified atom stereocenters. The van der Waals surface area contributed by atoms with Crippen molar-refractivity contribution >= 4 is 17.5 Å². The summed E-state index contributed by atoms with van der Waals surface area (Å²) in [5.41, 5.74) is 8.55. The van der Waals surface area contributed by atoms with E-state index in [-0.39, 0.29) is 11.5 Å². The van der Waals surface area contributed by atoms with Crippen molar-refractivity contribution in [1.82, 2.24) is 9.80 Å². The van der Waals surface area contributed by atoms with Gasteiger partial charge in [0.05, 0.1) is 5.41 Å². The van der Waals surface area contributed by atoms with Gasteiger partial charge in [-0.25, -0.2) is 0 Å². The molecule has 2 aliphatic heterocycles. The van der Waals surface area contributed by atoms with E-state index in [1.807, 2.05) is 47.4 Å². The number of nitrogens with two attached hydrogens (primary N) is 1. The Kier molecular flexibility index (Phi) is 6.23.